The molecule has 0 aliphatic rings. The molecule has 2 unspecified atom stereocenters. The molecule has 0 spiro atoms. The van der Waals surface area contributed by atoms with Crippen LogP contribution in [0.5, 0.6) is 0 Å². The van der Waals surface area contributed by atoms with E-state index in [9.17, 15) is 9.59 Å². The fourth-order valence-electron chi connectivity index (χ4n) is 1.77. The van der Waals surface area contributed by atoms with Crippen molar-refractivity contribution in [3.8, 4) is 11.3 Å². The molecule has 1 amide bonds. The van der Waals surface area contributed by atoms with Crippen LogP contribution in [0.4, 0.5) is 0 Å². The molecule has 0 radical (unpaired) electrons. The van der Waals surface area contributed by atoms with E-state index in [0.29, 0.717) is 11.3 Å². The Morgan fingerprint density at radius 2 is 1.90 bits per heavy atom. The number of aliphatic carboxylic acids is 1. The molecule has 1 aromatic carbocycles. The number of aromatic nitrogens is 1. The number of carbonyl (C=O) groups excluding carboxylic acids is 1. The maximum atomic E-state index is 12.0. The smallest absolute Gasteiger partial charge is 0.308 e. The average Bonchev–Trinajstić information content (AvgIpc) is 3.00. The van der Waals surface area contributed by atoms with Gasteiger partial charge in [0.25, 0.3) is 5.91 Å². The van der Waals surface area contributed by atoms with E-state index >= 15 is 0 Å². The third kappa shape index (κ3) is 3.47. The first-order valence-electron chi connectivity index (χ1n) is 6.51. The summed E-state index contributed by atoms with van der Waals surface area (Å²) in [6.07, 6.45) is 2.93. The SMILES string of the molecule is CC(NC(=O)c1ccc(-c2cnco2)cc1)C(C)C(=O)O. The van der Waals surface area contributed by atoms with Gasteiger partial charge >= 0.3 is 5.97 Å². The topological polar surface area (TPSA) is 92.4 Å². The average molecular weight is 288 g/mol. The highest BCUT2D eigenvalue weighted by molar-refractivity contribution is 5.95. The van der Waals surface area contributed by atoms with Crippen LogP contribution in [0.15, 0.2) is 41.3 Å². The third-order valence-electron chi connectivity index (χ3n) is 3.36. The van der Waals surface area contributed by atoms with Crippen LogP contribution in [0.1, 0.15) is 24.2 Å². The molecule has 0 aliphatic heterocycles. The maximum absolute atomic E-state index is 12.0. The van der Waals surface area contributed by atoms with Gasteiger partial charge in [0, 0.05) is 17.2 Å². The van der Waals surface area contributed by atoms with Gasteiger partial charge in [-0.25, -0.2) is 4.98 Å². The van der Waals surface area contributed by atoms with Crippen molar-refractivity contribution < 1.29 is 19.1 Å². The van der Waals surface area contributed by atoms with E-state index in [1.54, 1.807) is 44.3 Å². The molecule has 0 saturated carbocycles. The minimum absolute atomic E-state index is 0.306. The Morgan fingerprint density at radius 1 is 1.24 bits per heavy atom. The number of rotatable bonds is 5. The lowest BCUT2D eigenvalue weighted by molar-refractivity contribution is -0.141. The Balaban J connectivity index is 2.05. The summed E-state index contributed by atoms with van der Waals surface area (Å²) in [6.45, 7) is 3.22. The van der Waals surface area contributed by atoms with E-state index in [1.165, 1.54) is 6.39 Å². The van der Waals surface area contributed by atoms with Crippen molar-refractivity contribution in [3.63, 3.8) is 0 Å². The van der Waals surface area contributed by atoms with Gasteiger partial charge in [0.1, 0.15) is 0 Å². The highest BCUT2D eigenvalue weighted by Crippen LogP contribution is 2.19. The van der Waals surface area contributed by atoms with E-state index in [2.05, 4.69) is 10.3 Å². The largest absolute Gasteiger partial charge is 0.481 e. The maximum Gasteiger partial charge on any atom is 0.308 e. The zero-order valence-electron chi connectivity index (χ0n) is 11.7. The number of carboxylic acid groups (broad SMARTS) is 1. The normalized spacial score (nSPS) is 13.4. The van der Waals surface area contributed by atoms with E-state index in [4.69, 9.17) is 9.52 Å². The van der Waals surface area contributed by atoms with Crippen LogP contribution >= 0.6 is 0 Å². The summed E-state index contributed by atoms with van der Waals surface area (Å²) in [7, 11) is 0. The fraction of sp³-hybridized carbons (Fsp3) is 0.267. The molecule has 0 fully saturated rings. The van der Waals surface area contributed by atoms with Crippen LogP contribution < -0.4 is 5.32 Å². The first-order valence-corrected chi connectivity index (χ1v) is 6.51. The van der Waals surface area contributed by atoms with Gasteiger partial charge < -0.3 is 14.8 Å². The Bertz CT molecular complexity index is 620. The summed E-state index contributed by atoms with van der Waals surface area (Å²) >= 11 is 0. The number of carboxylic acids is 1. The van der Waals surface area contributed by atoms with E-state index in [0.717, 1.165) is 5.56 Å². The molecule has 1 aromatic heterocycles. The first kappa shape index (κ1) is 14.8. The fourth-order valence-corrected chi connectivity index (χ4v) is 1.77. The number of benzene rings is 1. The highest BCUT2D eigenvalue weighted by atomic mass is 16.4. The second-order valence-electron chi connectivity index (χ2n) is 4.83. The van der Waals surface area contributed by atoms with Crippen LogP contribution in [0, 0.1) is 5.92 Å². The number of hydrogen-bond donors (Lipinski definition) is 2. The Labute approximate surface area is 121 Å². The summed E-state index contributed by atoms with van der Waals surface area (Å²) in [5.41, 5.74) is 1.28. The number of nitrogens with zero attached hydrogens (tertiary/aromatic N) is 1. The number of hydrogen-bond acceptors (Lipinski definition) is 4. The lowest BCUT2D eigenvalue weighted by Gasteiger charge is -2.17. The molecule has 2 aromatic rings. The molecular weight excluding hydrogens is 272 g/mol. The first-order chi connectivity index (χ1) is 9.99. The molecule has 0 bridgehead atoms. The monoisotopic (exact) mass is 288 g/mol. The second kappa shape index (κ2) is 6.21. The molecule has 0 saturated heterocycles. The van der Waals surface area contributed by atoms with Gasteiger partial charge in [0.15, 0.2) is 12.2 Å². The molecule has 21 heavy (non-hydrogen) atoms. The molecule has 6 nitrogen and oxygen atoms in total. The number of oxazole rings is 1. The Kier molecular flexibility index (Phi) is 4.37. The van der Waals surface area contributed by atoms with Crippen molar-refractivity contribution in [2.75, 3.05) is 0 Å². The Morgan fingerprint density at radius 3 is 2.43 bits per heavy atom. The summed E-state index contributed by atoms with van der Waals surface area (Å²) in [6, 6.07) is 6.36. The van der Waals surface area contributed by atoms with Gasteiger partial charge in [-0.3, -0.25) is 9.59 Å². The third-order valence-corrected chi connectivity index (χ3v) is 3.36. The van der Waals surface area contributed by atoms with Crippen molar-refractivity contribution >= 4 is 11.9 Å². The predicted molar refractivity (Wildman–Crippen MR) is 75.7 cm³/mol. The molecule has 6 heteroatoms. The summed E-state index contributed by atoms with van der Waals surface area (Å²) in [5, 5.41) is 11.6. The molecule has 0 aliphatic carbocycles. The number of carbonyl (C=O) groups is 2. The van der Waals surface area contributed by atoms with Crippen molar-refractivity contribution in [3.05, 3.63) is 42.4 Å². The number of amides is 1. The van der Waals surface area contributed by atoms with Gasteiger partial charge in [-0.05, 0) is 26.0 Å². The molecule has 2 N–H and O–H groups in total. The van der Waals surface area contributed by atoms with Crippen LogP contribution in [0.25, 0.3) is 11.3 Å². The predicted octanol–water partition coefficient (Wildman–Crippen LogP) is 2.18. The second-order valence-corrected chi connectivity index (χ2v) is 4.83. The number of nitrogens with one attached hydrogen (secondary N) is 1. The van der Waals surface area contributed by atoms with Crippen LogP contribution in [-0.2, 0) is 4.79 Å². The summed E-state index contributed by atoms with van der Waals surface area (Å²) in [5.74, 6) is -1.28. The van der Waals surface area contributed by atoms with Gasteiger partial charge in [-0.1, -0.05) is 12.1 Å². The summed E-state index contributed by atoms with van der Waals surface area (Å²) < 4.78 is 5.17. The molecular formula is C15H16N2O4. The van der Waals surface area contributed by atoms with Gasteiger partial charge in [-0.15, -0.1) is 0 Å². The molecule has 2 rings (SSSR count). The zero-order chi connectivity index (χ0) is 15.4. The van der Waals surface area contributed by atoms with Crippen LogP contribution in [0.2, 0.25) is 0 Å². The molecule has 110 valence electrons. The highest BCUT2D eigenvalue weighted by Gasteiger charge is 2.21. The van der Waals surface area contributed by atoms with Crippen LogP contribution in [0.3, 0.4) is 0 Å². The Hall–Kier alpha value is -2.63. The van der Waals surface area contributed by atoms with E-state index < -0.39 is 17.9 Å². The minimum atomic E-state index is -0.941. The van der Waals surface area contributed by atoms with E-state index in [1.807, 2.05) is 0 Å². The van der Waals surface area contributed by atoms with Crippen molar-refractivity contribution in [2.24, 2.45) is 5.92 Å². The van der Waals surface area contributed by atoms with Crippen molar-refractivity contribution in [2.45, 2.75) is 19.9 Å². The van der Waals surface area contributed by atoms with Gasteiger partial charge in [-0.2, -0.15) is 0 Å². The molecule has 1 heterocycles. The standard InChI is InChI=1S/C15H16N2O4/c1-9(15(19)20)10(2)17-14(18)12-5-3-11(4-6-12)13-7-16-8-21-13/h3-10H,1-2H3,(H,17,18)(H,19,20). The van der Waals surface area contributed by atoms with Crippen molar-refractivity contribution in [1.82, 2.24) is 10.3 Å². The summed E-state index contributed by atoms with van der Waals surface area (Å²) in [4.78, 5) is 26.7. The van der Waals surface area contributed by atoms with Crippen LogP contribution in [-0.4, -0.2) is 28.0 Å². The van der Waals surface area contributed by atoms with Gasteiger partial charge in [0.2, 0.25) is 0 Å². The lowest BCUT2D eigenvalue weighted by Crippen LogP contribution is -2.40. The quantitative estimate of drug-likeness (QED) is 0.879. The van der Waals surface area contributed by atoms with Crippen molar-refractivity contribution in [1.29, 1.82) is 0 Å². The molecule has 2 atom stereocenters. The van der Waals surface area contributed by atoms with E-state index in [-0.39, 0.29) is 5.91 Å². The minimum Gasteiger partial charge on any atom is -0.481 e. The zero-order valence-corrected chi connectivity index (χ0v) is 11.7. The lowest BCUT2D eigenvalue weighted by atomic mass is 10.0. The van der Waals surface area contributed by atoms with Gasteiger partial charge in [0.05, 0.1) is 12.1 Å².